The number of unbranched alkanes of at least 4 members (excludes halogenated alkanes) is 1. The monoisotopic (exact) mass is 211 g/mol. The smallest absolute Gasteiger partial charge is 0.0178 e. The molecule has 59 valence electrons. The molecule has 0 nitrogen and oxygen atoms in total. The third-order valence-electron chi connectivity index (χ3n) is 1.52. The van der Waals surface area contributed by atoms with E-state index in [-0.39, 0.29) is 0 Å². The van der Waals surface area contributed by atoms with Gasteiger partial charge in [0, 0.05) is 4.47 Å². The van der Waals surface area contributed by atoms with Gasteiger partial charge in [-0.25, -0.2) is 0 Å². The molecular formula is C10H12Br. The lowest BCUT2D eigenvalue weighted by Gasteiger charge is -1.98. The summed E-state index contributed by atoms with van der Waals surface area (Å²) in [5, 5.41) is 0. The number of hydrogen-bond donors (Lipinski definition) is 0. The quantitative estimate of drug-likeness (QED) is 0.714. The van der Waals surface area contributed by atoms with Crippen LogP contribution >= 0.6 is 15.9 Å². The van der Waals surface area contributed by atoms with Gasteiger partial charge in [-0.2, -0.15) is 0 Å². The fourth-order valence-electron chi connectivity index (χ4n) is 0.945. The van der Waals surface area contributed by atoms with E-state index in [0.717, 1.165) is 10.9 Å². The molecule has 1 radical (unpaired) electrons. The highest BCUT2D eigenvalue weighted by molar-refractivity contribution is 9.10. The van der Waals surface area contributed by atoms with Crippen molar-refractivity contribution in [2.24, 2.45) is 0 Å². The number of benzene rings is 1. The maximum absolute atomic E-state index is 3.43. The second-order valence-corrected chi connectivity index (χ2v) is 3.46. The summed E-state index contributed by atoms with van der Waals surface area (Å²) in [6, 6.07) is 8.37. The van der Waals surface area contributed by atoms with Crippen molar-refractivity contribution in [1.29, 1.82) is 0 Å². The molecule has 0 saturated carbocycles. The molecule has 0 fully saturated rings. The molecule has 1 heteroatoms. The van der Waals surface area contributed by atoms with E-state index in [2.05, 4.69) is 47.5 Å². The summed E-state index contributed by atoms with van der Waals surface area (Å²) in [5.74, 6) is 0. The normalized spacial score (nSPS) is 10.0. The Morgan fingerprint density at radius 3 is 2.91 bits per heavy atom. The van der Waals surface area contributed by atoms with Crippen molar-refractivity contribution >= 4 is 15.9 Å². The minimum absolute atomic E-state index is 1.15. The molecule has 0 aliphatic rings. The van der Waals surface area contributed by atoms with Crippen LogP contribution in [0.15, 0.2) is 28.7 Å². The first-order chi connectivity index (χ1) is 5.33. The highest BCUT2D eigenvalue weighted by Crippen LogP contribution is 2.14. The summed E-state index contributed by atoms with van der Waals surface area (Å²) in [6.45, 7) is 2.19. The van der Waals surface area contributed by atoms with Crippen LogP contribution in [-0.4, -0.2) is 0 Å². The summed E-state index contributed by atoms with van der Waals surface area (Å²) in [4.78, 5) is 0. The van der Waals surface area contributed by atoms with Gasteiger partial charge in [0.1, 0.15) is 0 Å². The lowest BCUT2D eigenvalue weighted by Crippen LogP contribution is -1.79. The SMILES string of the molecule is CCC[CH]c1cccc(Br)c1. The van der Waals surface area contributed by atoms with E-state index >= 15 is 0 Å². The molecule has 0 aliphatic carbocycles. The molecule has 0 unspecified atom stereocenters. The summed E-state index contributed by atoms with van der Waals surface area (Å²) in [6.07, 6.45) is 4.63. The fourth-order valence-corrected chi connectivity index (χ4v) is 1.36. The molecule has 0 aromatic heterocycles. The Balaban J connectivity index is 2.56. The van der Waals surface area contributed by atoms with Crippen LogP contribution in [0.3, 0.4) is 0 Å². The second kappa shape index (κ2) is 4.55. The zero-order valence-electron chi connectivity index (χ0n) is 6.68. The molecule has 0 atom stereocenters. The van der Waals surface area contributed by atoms with Gasteiger partial charge in [-0.15, -0.1) is 0 Å². The van der Waals surface area contributed by atoms with Gasteiger partial charge in [0.2, 0.25) is 0 Å². The van der Waals surface area contributed by atoms with Crippen molar-refractivity contribution in [3.63, 3.8) is 0 Å². The molecule has 1 aromatic rings. The van der Waals surface area contributed by atoms with Crippen molar-refractivity contribution in [3.05, 3.63) is 40.7 Å². The van der Waals surface area contributed by atoms with E-state index in [9.17, 15) is 0 Å². The van der Waals surface area contributed by atoms with E-state index in [1.165, 1.54) is 12.0 Å². The number of halogens is 1. The molecule has 0 saturated heterocycles. The van der Waals surface area contributed by atoms with Crippen LogP contribution in [-0.2, 0) is 0 Å². The number of rotatable bonds is 3. The molecule has 1 rings (SSSR count). The Bertz CT molecular complexity index is 218. The number of hydrogen-bond acceptors (Lipinski definition) is 0. The molecule has 0 heterocycles. The van der Waals surface area contributed by atoms with E-state index < -0.39 is 0 Å². The summed E-state index contributed by atoms with van der Waals surface area (Å²) in [5.41, 5.74) is 1.31. The summed E-state index contributed by atoms with van der Waals surface area (Å²) >= 11 is 3.43. The van der Waals surface area contributed by atoms with Crippen LogP contribution in [0.25, 0.3) is 0 Å². The third-order valence-corrected chi connectivity index (χ3v) is 2.01. The first-order valence-electron chi connectivity index (χ1n) is 3.91. The summed E-state index contributed by atoms with van der Waals surface area (Å²) in [7, 11) is 0. The second-order valence-electron chi connectivity index (χ2n) is 2.55. The van der Waals surface area contributed by atoms with E-state index in [1.807, 2.05) is 6.07 Å². The molecule has 1 aromatic carbocycles. The molecule has 0 aliphatic heterocycles. The third kappa shape index (κ3) is 3.06. The Morgan fingerprint density at radius 2 is 2.27 bits per heavy atom. The van der Waals surface area contributed by atoms with Crippen LogP contribution in [0.5, 0.6) is 0 Å². The largest absolute Gasteiger partial charge is 0.0654 e. The van der Waals surface area contributed by atoms with Crippen molar-refractivity contribution in [2.45, 2.75) is 19.8 Å². The Hall–Kier alpha value is -0.300. The Kier molecular flexibility index (Phi) is 3.64. The van der Waals surface area contributed by atoms with Crippen molar-refractivity contribution in [3.8, 4) is 0 Å². The van der Waals surface area contributed by atoms with Crippen LogP contribution in [0, 0.1) is 6.42 Å². The first-order valence-corrected chi connectivity index (χ1v) is 4.71. The van der Waals surface area contributed by atoms with E-state index in [4.69, 9.17) is 0 Å². The van der Waals surface area contributed by atoms with Gasteiger partial charge in [0.15, 0.2) is 0 Å². The molecule has 11 heavy (non-hydrogen) atoms. The van der Waals surface area contributed by atoms with E-state index in [1.54, 1.807) is 0 Å². The average Bonchev–Trinajstić information content (AvgIpc) is 2.01. The van der Waals surface area contributed by atoms with Gasteiger partial charge in [-0.1, -0.05) is 41.4 Å². The first kappa shape index (κ1) is 8.79. The van der Waals surface area contributed by atoms with Gasteiger partial charge in [-0.3, -0.25) is 0 Å². The maximum Gasteiger partial charge on any atom is 0.0178 e. The van der Waals surface area contributed by atoms with Gasteiger partial charge < -0.3 is 0 Å². The Labute approximate surface area is 76.8 Å². The van der Waals surface area contributed by atoms with Crippen molar-refractivity contribution in [1.82, 2.24) is 0 Å². The van der Waals surface area contributed by atoms with Gasteiger partial charge in [-0.05, 0) is 30.5 Å². The fraction of sp³-hybridized carbons (Fsp3) is 0.300. The average molecular weight is 212 g/mol. The highest BCUT2D eigenvalue weighted by atomic mass is 79.9. The predicted molar refractivity (Wildman–Crippen MR) is 52.5 cm³/mol. The Morgan fingerprint density at radius 1 is 1.45 bits per heavy atom. The maximum atomic E-state index is 3.43. The van der Waals surface area contributed by atoms with Crippen LogP contribution in [0.1, 0.15) is 25.3 Å². The lowest BCUT2D eigenvalue weighted by molar-refractivity contribution is 0.913. The van der Waals surface area contributed by atoms with Crippen LogP contribution < -0.4 is 0 Å². The molecule has 0 amide bonds. The zero-order chi connectivity index (χ0) is 8.10. The van der Waals surface area contributed by atoms with Gasteiger partial charge in [0.05, 0.1) is 0 Å². The molecular weight excluding hydrogens is 200 g/mol. The molecule has 0 N–H and O–H groups in total. The van der Waals surface area contributed by atoms with E-state index in [0.29, 0.717) is 0 Å². The van der Waals surface area contributed by atoms with Crippen molar-refractivity contribution in [2.75, 3.05) is 0 Å². The molecule has 0 spiro atoms. The van der Waals surface area contributed by atoms with Crippen molar-refractivity contribution < 1.29 is 0 Å². The standard InChI is InChI=1S/C10H12Br/c1-2-3-5-9-6-4-7-10(11)8-9/h4-8H,2-3H2,1H3. The van der Waals surface area contributed by atoms with Gasteiger partial charge >= 0.3 is 0 Å². The van der Waals surface area contributed by atoms with Crippen LogP contribution in [0.4, 0.5) is 0 Å². The molecule has 0 bridgehead atoms. The minimum Gasteiger partial charge on any atom is -0.0654 e. The zero-order valence-corrected chi connectivity index (χ0v) is 8.26. The highest BCUT2D eigenvalue weighted by Gasteiger charge is 1.92. The predicted octanol–water partition coefficient (Wildman–Crippen LogP) is 3.80. The van der Waals surface area contributed by atoms with Crippen LogP contribution in [0.2, 0.25) is 0 Å². The topological polar surface area (TPSA) is 0 Å². The minimum atomic E-state index is 1.15. The lowest BCUT2D eigenvalue weighted by atomic mass is 10.1. The van der Waals surface area contributed by atoms with Gasteiger partial charge in [0.25, 0.3) is 0 Å². The summed E-state index contributed by atoms with van der Waals surface area (Å²) < 4.78 is 1.15.